The molecule has 2 aliphatic rings. The lowest BCUT2D eigenvalue weighted by Crippen LogP contribution is -2.28. The van der Waals surface area contributed by atoms with Gasteiger partial charge in [0.2, 0.25) is 0 Å². The van der Waals surface area contributed by atoms with E-state index in [4.69, 9.17) is 9.98 Å². The van der Waals surface area contributed by atoms with Crippen LogP contribution in [0.2, 0.25) is 0 Å². The first kappa shape index (κ1) is 18.9. The molecule has 1 aliphatic carbocycles. The molecule has 140 valence electrons. The Kier molecular flexibility index (Phi) is 6.06. The number of likely N-dealkylation sites (N-methyl/N-ethyl adjacent to an activating group) is 1. The number of carbonyl (C=O) groups excluding carboxylic acids is 2. The van der Waals surface area contributed by atoms with Gasteiger partial charge in [0.15, 0.2) is 0 Å². The lowest BCUT2D eigenvalue weighted by Gasteiger charge is -2.25. The molecule has 0 bridgehead atoms. The highest BCUT2D eigenvalue weighted by Gasteiger charge is 2.26. The zero-order chi connectivity index (χ0) is 19.2. The van der Waals surface area contributed by atoms with E-state index in [-0.39, 0.29) is 17.8 Å². The molecule has 1 aromatic carbocycles. The summed E-state index contributed by atoms with van der Waals surface area (Å²) in [4.78, 5) is 32.1. The van der Waals surface area contributed by atoms with Gasteiger partial charge in [0.1, 0.15) is 12.1 Å². The predicted octanol–water partition coefficient (Wildman–Crippen LogP) is 3.16. The van der Waals surface area contributed by atoms with Gasteiger partial charge in [-0.1, -0.05) is 6.08 Å². The Morgan fingerprint density at radius 1 is 1.30 bits per heavy atom. The van der Waals surface area contributed by atoms with Crippen LogP contribution in [-0.2, 0) is 9.59 Å². The molecule has 0 radical (unpaired) electrons. The second-order valence-electron chi connectivity index (χ2n) is 6.51. The summed E-state index contributed by atoms with van der Waals surface area (Å²) >= 11 is 0. The van der Waals surface area contributed by atoms with Crippen LogP contribution in [0.4, 0.5) is 4.39 Å². The van der Waals surface area contributed by atoms with Crippen LogP contribution in [0.5, 0.6) is 0 Å². The molecule has 27 heavy (non-hydrogen) atoms. The fraction of sp³-hybridized carbons (Fsp3) is 0.333. The van der Waals surface area contributed by atoms with Crippen LogP contribution in [0.25, 0.3) is 0 Å². The maximum absolute atomic E-state index is 13.3. The second kappa shape index (κ2) is 8.66. The van der Waals surface area contributed by atoms with E-state index in [0.29, 0.717) is 24.8 Å². The highest BCUT2D eigenvalue weighted by atomic mass is 19.1. The number of aliphatic imine (C=N–C) groups is 2. The van der Waals surface area contributed by atoms with E-state index in [9.17, 15) is 14.0 Å². The molecule has 5 nitrogen and oxygen atoms in total. The van der Waals surface area contributed by atoms with E-state index < -0.39 is 0 Å². The molecule has 1 amide bonds. The van der Waals surface area contributed by atoms with E-state index >= 15 is 0 Å². The zero-order valence-corrected chi connectivity index (χ0v) is 15.2. The van der Waals surface area contributed by atoms with Gasteiger partial charge in [-0.15, -0.1) is 0 Å². The van der Waals surface area contributed by atoms with Gasteiger partial charge in [0.25, 0.3) is 5.91 Å². The SMILES string of the molecule is CNC(=O)C1=CCC2N=C(c3ccc(F)cc3)C(CCCCC=O)=NC2=C1. The number of fused-ring (bicyclic) bond motifs is 1. The number of aldehydes is 1. The molecule has 0 aromatic heterocycles. The second-order valence-corrected chi connectivity index (χ2v) is 6.51. The molecule has 1 unspecified atom stereocenters. The Labute approximate surface area is 157 Å². The maximum Gasteiger partial charge on any atom is 0.250 e. The summed E-state index contributed by atoms with van der Waals surface area (Å²) in [7, 11) is 1.60. The standard InChI is InChI=1S/C21H22FN3O2/c1-23-21(27)15-8-11-17-19(13-15)24-18(5-3-2-4-12-26)20(25-17)14-6-9-16(22)10-7-14/h6-10,12-13,17H,2-5,11H2,1H3,(H,23,27). The average molecular weight is 367 g/mol. The fourth-order valence-corrected chi connectivity index (χ4v) is 3.18. The van der Waals surface area contributed by atoms with Gasteiger partial charge in [-0.05, 0) is 56.0 Å². The van der Waals surface area contributed by atoms with Crippen LogP contribution < -0.4 is 5.32 Å². The third-order valence-electron chi connectivity index (χ3n) is 4.62. The number of amides is 1. The summed E-state index contributed by atoms with van der Waals surface area (Å²) in [5, 5.41) is 2.62. The molecule has 3 rings (SSSR count). The molecular formula is C21H22FN3O2. The largest absolute Gasteiger partial charge is 0.355 e. The average Bonchev–Trinajstić information content (AvgIpc) is 2.70. The molecule has 1 heterocycles. The molecule has 1 N–H and O–H groups in total. The van der Waals surface area contributed by atoms with Gasteiger partial charge in [-0.2, -0.15) is 0 Å². The number of nitrogens with one attached hydrogen (secondary N) is 1. The molecule has 1 atom stereocenters. The molecule has 0 spiro atoms. The normalized spacial score (nSPS) is 18.5. The van der Waals surface area contributed by atoms with Crippen LogP contribution in [0.1, 0.15) is 37.7 Å². The van der Waals surface area contributed by atoms with E-state index in [1.165, 1.54) is 12.1 Å². The number of hydrogen-bond donors (Lipinski definition) is 1. The Balaban J connectivity index is 1.90. The van der Waals surface area contributed by atoms with Crippen molar-refractivity contribution in [2.45, 2.75) is 38.1 Å². The van der Waals surface area contributed by atoms with Crippen LogP contribution in [0.3, 0.4) is 0 Å². The van der Waals surface area contributed by atoms with Crippen molar-refractivity contribution >= 4 is 23.6 Å². The third kappa shape index (κ3) is 4.45. The van der Waals surface area contributed by atoms with E-state index in [2.05, 4.69) is 5.32 Å². The summed E-state index contributed by atoms with van der Waals surface area (Å²) in [5.74, 6) is -0.437. The monoisotopic (exact) mass is 367 g/mol. The summed E-state index contributed by atoms with van der Waals surface area (Å²) in [6.07, 6.45) is 7.95. The number of rotatable bonds is 7. The van der Waals surface area contributed by atoms with Crippen LogP contribution in [0, 0.1) is 5.82 Å². The van der Waals surface area contributed by atoms with Gasteiger partial charge in [-0.3, -0.25) is 14.8 Å². The van der Waals surface area contributed by atoms with E-state index in [0.717, 1.165) is 41.8 Å². The van der Waals surface area contributed by atoms with Crippen molar-refractivity contribution in [1.82, 2.24) is 5.32 Å². The van der Waals surface area contributed by atoms with Crippen molar-refractivity contribution < 1.29 is 14.0 Å². The molecular weight excluding hydrogens is 345 g/mol. The zero-order valence-electron chi connectivity index (χ0n) is 15.2. The maximum atomic E-state index is 13.3. The molecule has 0 saturated carbocycles. The van der Waals surface area contributed by atoms with Crippen molar-refractivity contribution in [2.24, 2.45) is 9.98 Å². The third-order valence-corrected chi connectivity index (χ3v) is 4.62. The van der Waals surface area contributed by atoms with Gasteiger partial charge in [-0.25, -0.2) is 4.39 Å². The summed E-state index contributed by atoms with van der Waals surface area (Å²) in [6.45, 7) is 0. The van der Waals surface area contributed by atoms with Gasteiger partial charge < -0.3 is 10.1 Å². The predicted molar refractivity (Wildman–Crippen MR) is 104 cm³/mol. The molecule has 6 heteroatoms. The minimum atomic E-state index is -0.295. The highest BCUT2D eigenvalue weighted by molar-refractivity contribution is 6.49. The number of hydrogen-bond acceptors (Lipinski definition) is 4. The Morgan fingerprint density at radius 3 is 2.78 bits per heavy atom. The topological polar surface area (TPSA) is 70.9 Å². The highest BCUT2D eigenvalue weighted by Crippen LogP contribution is 2.28. The number of benzene rings is 1. The van der Waals surface area contributed by atoms with Crippen molar-refractivity contribution in [3.05, 3.63) is 59.1 Å². The first-order valence-electron chi connectivity index (χ1n) is 9.11. The van der Waals surface area contributed by atoms with Crippen molar-refractivity contribution in [3.63, 3.8) is 0 Å². The van der Waals surface area contributed by atoms with E-state index in [1.807, 2.05) is 6.08 Å². The number of unbranched alkanes of at least 4 members (excludes halogenated alkanes) is 2. The van der Waals surface area contributed by atoms with Crippen LogP contribution >= 0.6 is 0 Å². The van der Waals surface area contributed by atoms with Crippen LogP contribution in [0.15, 0.2) is 57.7 Å². The fourth-order valence-electron chi connectivity index (χ4n) is 3.18. The van der Waals surface area contributed by atoms with Crippen molar-refractivity contribution in [3.8, 4) is 0 Å². The van der Waals surface area contributed by atoms with Crippen molar-refractivity contribution in [1.29, 1.82) is 0 Å². The lowest BCUT2D eigenvalue weighted by molar-refractivity contribution is -0.116. The Morgan fingerprint density at radius 2 is 2.07 bits per heavy atom. The molecule has 0 fully saturated rings. The van der Waals surface area contributed by atoms with E-state index in [1.54, 1.807) is 25.3 Å². The first-order valence-corrected chi connectivity index (χ1v) is 9.11. The molecule has 0 saturated heterocycles. The van der Waals surface area contributed by atoms with Crippen molar-refractivity contribution in [2.75, 3.05) is 7.05 Å². The Bertz CT molecular complexity index is 851. The van der Waals surface area contributed by atoms with Gasteiger partial charge >= 0.3 is 0 Å². The van der Waals surface area contributed by atoms with Gasteiger partial charge in [0, 0.05) is 24.6 Å². The minimum Gasteiger partial charge on any atom is -0.355 e. The van der Waals surface area contributed by atoms with Gasteiger partial charge in [0.05, 0.1) is 23.2 Å². The first-order chi connectivity index (χ1) is 13.1. The number of carbonyl (C=O) groups is 2. The summed E-state index contributed by atoms with van der Waals surface area (Å²) < 4.78 is 13.3. The molecule has 1 aliphatic heterocycles. The summed E-state index contributed by atoms with van der Waals surface area (Å²) in [6, 6.07) is 6.10. The number of halogens is 1. The minimum absolute atomic E-state index is 0.141. The molecule has 1 aromatic rings. The Hall–Kier alpha value is -2.89. The lowest BCUT2D eigenvalue weighted by atomic mass is 9.94. The number of nitrogens with zero attached hydrogens (tertiary/aromatic N) is 2. The smallest absolute Gasteiger partial charge is 0.250 e. The quantitative estimate of drug-likeness (QED) is 0.594. The summed E-state index contributed by atoms with van der Waals surface area (Å²) in [5.41, 5.74) is 3.76. The van der Waals surface area contributed by atoms with Crippen LogP contribution in [-0.4, -0.2) is 36.7 Å².